The van der Waals surface area contributed by atoms with E-state index in [1.165, 1.54) is 6.33 Å². The van der Waals surface area contributed by atoms with E-state index in [4.69, 9.17) is 24.8 Å². The highest BCUT2D eigenvalue weighted by molar-refractivity contribution is 7.33. The molecule has 0 saturated carbocycles. The minimum Gasteiger partial charge on any atom is -0.390 e. The molecule has 2 aromatic heterocycles. The van der Waals surface area contributed by atoms with Crippen LogP contribution < -0.4 is 5.73 Å². The smallest absolute Gasteiger partial charge is 0.390 e. The van der Waals surface area contributed by atoms with Crippen LogP contribution in [0.15, 0.2) is 42.9 Å². The summed E-state index contributed by atoms with van der Waals surface area (Å²) in [5, 5.41) is 30.7. The lowest BCUT2D eigenvalue weighted by Crippen LogP contribution is -2.28. The fraction of sp³-hybridized carbons (Fsp3) is 0.409. The zero-order valence-corrected chi connectivity index (χ0v) is 19.3. The van der Waals surface area contributed by atoms with Crippen LogP contribution in [0.25, 0.3) is 11.0 Å². The summed E-state index contributed by atoms with van der Waals surface area (Å²) in [5.74, 6) is 0.0553. The van der Waals surface area contributed by atoms with Crippen molar-refractivity contribution in [1.29, 1.82) is 5.26 Å². The summed E-state index contributed by atoms with van der Waals surface area (Å²) in [4.78, 5) is 8.23. The van der Waals surface area contributed by atoms with Gasteiger partial charge >= 0.3 is 8.25 Å². The van der Waals surface area contributed by atoms with E-state index in [0.29, 0.717) is 28.0 Å². The summed E-state index contributed by atoms with van der Waals surface area (Å²) in [6.07, 6.45) is 0.215. The Balaban J connectivity index is 1.28. The number of nitrogens with zero attached hydrogens (tertiary/aromatic N) is 4. The number of hydrogen-bond acceptors (Lipinski definition) is 10. The van der Waals surface area contributed by atoms with Crippen molar-refractivity contribution in [3.05, 3.63) is 54.0 Å². The molecule has 0 aliphatic carbocycles. The number of nitrogen functional groups attached to an aromatic ring is 1. The maximum absolute atomic E-state index is 12.1. The Labute approximate surface area is 196 Å². The molecule has 1 aliphatic rings. The van der Waals surface area contributed by atoms with Gasteiger partial charge in [0.1, 0.15) is 43.3 Å². The molecule has 1 saturated heterocycles. The van der Waals surface area contributed by atoms with Gasteiger partial charge < -0.3 is 25.3 Å². The Morgan fingerprint density at radius 3 is 2.91 bits per heavy atom. The number of hydrogen-bond donors (Lipinski definition) is 3. The molecule has 34 heavy (non-hydrogen) atoms. The van der Waals surface area contributed by atoms with E-state index in [1.807, 2.05) is 13.0 Å². The Morgan fingerprint density at radius 1 is 1.32 bits per heavy atom. The van der Waals surface area contributed by atoms with Gasteiger partial charge in [-0.3, -0.25) is 0 Å². The fourth-order valence-corrected chi connectivity index (χ4v) is 4.60. The molecule has 1 aromatic carbocycles. The van der Waals surface area contributed by atoms with Crippen LogP contribution in [0.5, 0.6) is 0 Å². The molecule has 1 fully saturated rings. The summed E-state index contributed by atoms with van der Waals surface area (Å²) in [6, 6.07) is 10.5. The summed E-state index contributed by atoms with van der Waals surface area (Å²) >= 11 is 0. The highest BCUT2D eigenvalue weighted by Crippen LogP contribution is 2.38. The van der Waals surface area contributed by atoms with E-state index >= 15 is 0 Å². The van der Waals surface area contributed by atoms with Crippen LogP contribution in [0.3, 0.4) is 0 Å². The molecule has 0 radical (unpaired) electrons. The predicted molar refractivity (Wildman–Crippen MR) is 121 cm³/mol. The molecule has 3 aromatic rings. The number of aliphatic hydroxyl groups is 2. The summed E-state index contributed by atoms with van der Waals surface area (Å²) in [6.45, 7) is 1.65. The first-order valence-corrected chi connectivity index (χ1v) is 11.8. The molecule has 3 heterocycles. The van der Waals surface area contributed by atoms with Crippen LogP contribution in [-0.4, -0.2) is 50.2 Å². The second kappa shape index (κ2) is 10.5. The Hall–Kier alpha value is -2.97. The first kappa shape index (κ1) is 24.2. The molecule has 4 N–H and O–H groups in total. The normalized spacial score (nSPS) is 23.6. The lowest BCUT2D eigenvalue weighted by molar-refractivity contribution is -0.0407. The molecule has 12 heteroatoms. The molecule has 1 aliphatic heterocycles. The highest BCUT2D eigenvalue weighted by atomic mass is 31.1. The molecule has 11 nitrogen and oxygen atoms in total. The first-order valence-electron chi connectivity index (χ1n) is 10.7. The van der Waals surface area contributed by atoms with Crippen molar-refractivity contribution in [3.8, 4) is 6.07 Å². The topological polar surface area (TPSA) is 166 Å². The zero-order valence-electron chi connectivity index (χ0n) is 18.4. The van der Waals surface area contributed by atoms with E-state index < -0.39 is 32.8 Å². The Bertz CT molecular complexity index is 1210. The zero-order chi connectivity index (χ0) is 24.2. The summed E-state index contributed by atoms with van der Waals surface area (Å²) in [5.41, 5.74) is 7.34. The number of nitrogens with two attached hydrogens (primary N) is 1. The quantitative estimate of drug-likeness (QED) is 0.383. The fourth-order valence-electron chi connectivity index (χ4n) is 4.00. The number of nitriles is 1. The predicted octanol–water partition coefficient (Wildman–Crippen LogP) is 2.59. The van der Waals surface area contributed by atoms with Gasteiger partial charge in [0, 0.05) is 23.1 Å². The number of benzene rings is 1. The van der Waals surface area contributed by atoms with Crippen LogP contribution >= 0.6 is 8.25 Å². The van der Waals surface area contributed by atoms with Crippen molar-refractivity contribution in [3.63, 3.8) is 0 Å². The van der Waals surface area contributed by atoms with Crippen molar-refractivity contribution < 1.29 is 28.6 Å². The van der Waals surface area contributed by atoms with Crippen LogP contribution in [0, 0.1) is 17.2 Å². The van der Waals surface area contributed by atoms with E-state index in [0.717, 1.165) is 0 Å². The number of aromatic nitrogens is 3. The van der Waals surface area contributed by atoms with Gasteiger partial charge in [-0.15, -0.1) is 9.05 Å². The van der Waals surface area contributed by atoms with Gasteiger partial charge in [0.15, 0.2) is 0 Å². The van der Waals surface area contributed by atoms with Crippen LogP contribution in [-0.2, 0) is 18.3 Å². The van der Waals surface area contributed by atoms with Gasteiger partial charge in [0.25, 0.3) is 0 Å². The third-order valence-corrected chi connectivity index (χ3v) is 6.62. The van der Waals surface area contributed by atoms with E-state index in [-0.39, 0.29) is 25.6 Å². The third-order valence-electron chi connectivity index (χ3n) is 5.87. The monoisotopic (exact) mass is 486 g/mol. The molecule has 178 valence electrons. The second-order valence-corrected chi connectivity index (χ2v) is 8.95. The lowest BCUT2D eigenvalue weighted by Gasteiger charge is -2.18. The second-order valence-electron chi connectivity index (χ2n) is 7.99. The average molecular weight is 486 g/mol. The number of ether oxygens (including phenoxy) is 1. The molecule has 4 rings (SSSR count). The number of fused-ring (bicyclic) bond motifs is 1. The van der Waals surface area contributed by atoms with Crippen molar-refractivity contribution >= 4 is 25.1 Å². The molecule has 0 spiro atoms. The van der Waals surface area contributed by atoms with Gasteiger partial charge in [-0.1, -0.05) is 25.1 Å². The number of anilines is 1. The van der Waals surface area contributed by atoms with Crippen molar-refractivity contribution in [2.24, 2.45) is 5.92 Å². The van der Waals surface area contributed by atoms with E-state index in [9.17, 15) is 14.8 Å². The van der Waals surface area contributed by atoms with Gasteiger partial charge in [-0.2, -0.15) is 5.26 Å². The van der Waals surface area contributed by atoms with Gasteiger partial charge in [-0.05, 0) is 17.7 Å². The molecular formula is C22H25N5O6P+. The summed E-state index contributed by atoms with van der Waals surface area (Å²) in [7, 11) is -2.49. The average Bonchev–Trinajstić information content (AvgIpc) is 3.39. The maximum atomic E-state index is 12.1. The Morgan fingerprint density at radius 2 is 2.12 bits per heavy atom. The number of aliphatic hydroxyl groups excluding tert-OH is 2. The van der Waals surface area contributed by atoms with Gasteiger partial charge in [0.2, 0.25) is 0 Å². The minimum absolute atomic E-state index is 0.0419. The molecule has 6 atom stereocenters. The number of rotatable bonds is 9. The van der Waals surface area contributed by atoms with Gasteiger partial charge in [0.05, 0.1) is 29.2 Å². The lowest BCUT2D eigenvalue weighted by atomic mass is 10.0. The van der Waals surface area contributed by atoms with Crippen molar-refractivity contribution in [2.45, 2.75) is 37.9 Å². The van der Waals surface area contributed by atoms with Crippen molar-refractivity contribution in [2.75, 3.05) is 18.9 Å². The van der Waals surface area contributed by atoms with Crippen LogP contribution in [0.4, 0.5) is 5.82 Å². The molecule has 0 bridgehead atoms. The largest absolute Gasteiger partial charge is 0.697 e. The third kappa shape index (κ3) is 4.93. The highest BCUT2D eigenvalue weighted by Gasteiger charge is 2.44. The van der Waals surface area contributed by atoms with E-state index in [1.54, 1.807) is 41.1 Å². The minimum atomic E-state index is -2.49. The Kier molecular flexibility index (Phi) is 7.48. The maximum Gasteiger partial charge on any atom is 0.697 e. The standard InChI is InChI=1S/C22H25N5O6P/c1-13-19(29)18(33-22(13)27-8-6-16-20(24)25-12-26-21(16)27)11-32-34(30)31-9-7-17(28)15-5-3-2-4-14(15)10-23/h2-6,8,12-13,17-19,22,28-29H,7,9,11H2,1H3,(H2,24,25,26)/q+1/t13-,17+,18+,19-,22+/m0/s1. The van der Waals surface area contributed by atoms with Crippen LogP contribution in [0.1, 0.15) is 36.8 Å². The van der Waals surface area contributed by atoms with Crippen LogP contribution in [0.2, 0.25) is 0 Å². The van der Waals surface area contributed by atoms with E-state index in [2.05, 4.69) is 9.97 Å². The SMILES string of the molecule is C[C@H]1[C@H](O)[C@@H](CO[P+](=O)OCC[C@@H](O)c2ccccc2C#N)O[C@H]1n1ccc2c(N)ncnc21. The first-order chi connectivity index (χ1) is 16.4. The van der Waals surface area contributed by atoms with Crippen molar-refractivity contribution in [1.82, 2.24) is 14.5 Å². The molecule has 1 unspecified atom stereocenters. The molecular weight excluding hydrogens is 461 g/mol. The van der Waals surface area contributed by atoms with Gasteiger partial charge in [-0.25, -0.2) is 9.97 Å². The molecule has 0 amide bonds. The summed E-state index contributed by atoms with van der Waals surface area (Å²) < 4.78 is 30.3.